The number of halogens is 1. The number of carbonyl (C=O) groups excluding carboxylic acids is 1. The highest BCUT2D eigenvalue weighted by Crippen LogP contribution is 2.18. The van der Waals surface area contributed by atoms with E-state index in [1.165, 1.54) is 16.3 Å². The van der Waals surface area contributed by atoms with Crippen molar-refractivity contribution in [2.24, 2.45) is 4.99 Å². The van der Waals surface area contributed by atoms with Crippen LogP contribution in [0, 0.1) is 0 Å². The number of nitrogens with one attached hydrogen (secondary N) is 2. The molecule has 1 heterocycles. The van der Waals surface area contributed by atoms with E-state index in [2.05, 4.69) is 60.0 Å². The van der Waals surface area contributed by atoms with Gasteiger partial charge in [-0.3, -0.25) is 9.79 Å². The lowest BCUT2D eigenvalue weighted by molar-refractivity contribution is -0.129. The summed E-state index contributed by atoms with van der Waals surface area (Å²) in [7, 11) is 0. The number of nitrogens with zero attached hydrogens (tertiary/aromatic N) is 2. The molecule has 1 aliphatic heterocycles. The van der Waals surface area contributed by atoms with Gasteiger partial charge in [0.1, 0.15) is 0 Å². The molecule has 0 bridgehead atoms. The van der Waals surface area contributed by atoms with E-state index in [9.17, 15) is 4.79 Å². The third-order valence-corrected chi connectivity index (χ3v) is 5.06. The standard InChI is InChI=1S/C22H30N4O.HI/c1-3-21(27)26-15-13-19(16-26)25-22(23-4-2)24-14-12-18-10-7-9-17-8-5-6-11-20(17)18;/h5-11,19H,3-4,12-16H2,1-2H3,(H2,23,24,25);1H. The van der Waals surface area contributed by atoms with E-state index >= 15 is 0 Å². The fourth-order valence-electron chi connectivity index (χ4n) is 3.64. The first-order chi connectivity index (χ1) is 13.2. The predicted molar refractivity (Wildman–Crippen MR) is 127 cm³/mol. The Morgan fingerprint density at radius 2 is 1.96 bits per heavy atom. The van der Waals surface area contributed by atoms with Crippen molar-refractivity contribution in [1.82, 2.24) is 15.5 Å². The van der Waals surface area contributed by atoms with E-state index in [1.807, 2.05) is 11.8 Å². The number of fused-ring (bicyclic) bond motifs is 1. The van der Waals surface area contributed by atoms with E-state index in [1.54, 1.807) is 0 Å². The molecule has 1 fully saturated rings. The summed E-state index contributed by atoms with van der Waals surface area (Å²) in [5.74, 6) is 1.07. The number of likely N-dealkylation sites (tertiary alicyclic amines) is 1. The Hall–Kier alpha value is -1.83. The second-order valence-electron chi connectivity index (χ2n) is 6.97. The van der Waals surface area contributed by atoms with Crippen LogP contribution in [-0.4, -0.2) is 49.0 Å². The van der Waals surface area contributed by atoms with Crippen molar-refractivity contribution < 1.29 is 4.79 Å². The minimum absolute atomic E-state index is 0. The molecule has 0 spiro atoms. The number of amides is 1. The number of guanidine groups is 1. The highest BCUT2D eigenvalue weighted by Gasteiger charge is 2.25. The molecule has 0 aliphatic carbocycles. The van der Waals surface area contributed by atoms with Gasteiger partial charge >= 0.3 is 0 Å². The van der Waals surface area contributed by atoms with Crippen molar-refractivity contribution in [2.45, 2.75) is 39.2 Å². The van der Waals surface area contributed by atoms with Gasteiger partial charge in [0, 0.05) is 38.6 Å². The molecule has 1 saturated heterocycles. The minimum atomic E-state index is 0. The van der Waals surface area contributed by atoms with Crippen molar-refractivity contribution in [1.29, 1.82) is 0 Å². The first kappa shape index (κ1) is 22.5. The molecule has 1 amide bonds. The fraction of sp³-hybridized carbons (Fsp3) is 0.455. The molecule has 28 heavy (non-hydrogen) atoms. The van der Waals surface area contributed by atoms with Crippen LogP contribution in [0.4, 0.5) is 0 Å². The highest BCUT2D eigenvalue weighted by molar-refractivity contribution is 14.0. The molecule has 2 aromatic rings. The Kier molecular flexibility index (Phi) is 9.02. The molecule has 3 rings (SSSR count). The zero-order chi connectivity index (χ0) is 19.1. The quantitative estimate of drug-likeness (QED) is 0.367. The number of hydrogen-bond acceptors (Lipinski definition) is 2. The Labute approximate surface area is 185 Å². The average Bonchev–Trinajstić information content (AvgIpc) is 3.16. The van der Waals surface area contributed by atoms with Gasteiger partial charge in [-0.05, 0) is 36.1 Å². The van der Waals surface area contributed by atoms with Crippen molar-refractivity contribution in [2.75, 3.05) is 26.2 Å². The highest BCUT2D eigenvalue weighted by atomic mass is 127. The number of aliphatic imine (C=N–C) groups is 1. The number of hydrogen-bond donors (Lipinski definition) is 2. The molecule has 152 valence electrons. The summed E-state index contributed by atoms with van der Waals surface area (Å²) in [4.78, 5) is 18.6. The van der Waals surface area contributed by atoms with Crippen LogP contribution in [0.15, 0.2) is 47.5 Å². The van der Waals surface area contributed by atoms with E-state index in [0.717, 1.165) is 45.0 Å². The maximum Gasteiger partial charge on any atom is 0.222 e. The Morgan fingerprint density at radius 1 is 1.18 bits per heavy atom. The molecule has 0 saturated carbocycles. The van der Waals surface area contributed by atoms with Gasteiger partial charge in [-0.2, -0.15) is 0 Å². The smallest absolute Gasteiger partial charge is 0.222 e. The summed E-state index contributed by atoms with van der Waals surface area (Å²) < 4.78 is 0. The molecule has 2 N–H and O–H groups in total. The van der Waals surface area contributed by atoms with Gasteiger partial charge in [-0.1, -0.05) is 49.4 Å². The Balaban J connectivity index is 0.00000280. The summed E-state index contributed by atoms with van der Waals surface area (Å²) >= 11 is 0. The van der Waals surface area contributed by atoms with E-state index in [0.29, 0.717) is 6.42 Å². The zero-order valence-electron chi connectivity index (χ0n) is 16.8. The van der Waals surface area contributed by atoms with Gasteiger partial charge in [0.25, 0.3) is 0 Å². The first-order valence-corrected chi connectivity index (χ1v) is 10.0. The third kappa shape index (κ3) is 5.83. The van der Waals surface area contributed by atoms with Gasteiger partial charge in [0.2, 0.25) is 5.91 Å². The number of rotatable bonds is 6. The lowest BCUT2D eigenvalue weighted by Gasteiger charge is -2.18. The average molecular weight is 494 g/mol. The van der Waals surface area contributed by atoms with Crippen LogP contribution in [0.2, 0.25) is 0 Å². The number of carbonyl (C=O) groups is 1. The van der Waals surface area contributed by atoms with Crippen LogP contribution in [0.25, 0.3) is 10.8 Å². The topological polar surface area (TPSA) is 56.7 Å². The van der Waals surface area contributed by atoms with Crippen molar-refractivity contribution >= 4 is 46.6 Å². The predicted octanol–water partition coefficient (Wildman–Crippen LogP) is 3.57. The van der Waals surface area contributed by atoms with Gasteiger partial charge in [-0.15, -0.1) is 24.0 Å². The van der Waals surface area contributed by atoms with Crippen LogP contribution < -0.4 is 10.6 Å². The van der Waals surface area contributed by atoms with Crippen LogP contribution in [0.1, 0.15) is 32.3 Å². The van der Waals surface area contributed by atoms with E-state index < -0.39 is 0 Å². The van der Waals surface area contributed by atoms with Gasteiger partial charge in [0.15, 0.2) is 5.96 Å². The van der Waals surface area contributed by atoms with Crippen LogP contribution in [0.5, 0.6) is 0 Å². The summed E-state index contributed by atoms with van der Waals surface area (Å²) in [6.07, 6.45) is 2.45. The first-order valence-electron chi connectivity index (χ1n) is 10.0. The fourth-order valence-corrected chi connectivity index (χ4v) is 3.64. The lowest BCUT2D eigenvalue weighted by atomic mass is 10.0. The maximum atomic E-state index is 11.9. The molecule has 0 radical (unpaired) electrons. The summed E-state index contributed by atoms with van der Waals surface area (Å²) in [5.41, 5.74) is 1.33. The molecule has 1 aliphatic rings. The van der Waals surface area contributed by atoms with E-state index in [-0.39, 0.29) is 35.9 Å². The molecule has 6 heteroatoms. The zero-order valence-corrected chi connectivity index (χ0v) is 19.1. The SMILES string of the molecule is CCNC(=NCCc1cccc2ccccc12)NC1CCN(C(=O)CC)C1.I. The number of benzene rings is 2. The van der Waals surface area contributed by atoms with Crippen LogP contribution >= 0.6 is 24.0 Å². The summed E-state index contributed by atoms with van der Waals surface area (Å²) in [6, 6.07) is 15.2. The van der Waals surface area contributed by atoms with Crippen molar-refractivity contribution in [3.05, 3.63) is 48.0 Å². The largest absolute Gasteiger partial charge is 0.357 e. The van der Waals surface area contributed by atoms with Gasteiger partial charge in [0.05, 0.1) is 0 Å². The molecular weight excluding hydrogens is 463 g/mol. The summed E-state index contributed by atoms with van der Waals surface area (Å²) in [5, 5.41) is 9.40. The Bertz CT molecular complexity index is 803. The minimum Gasteiger partial charge on any atom is -0.357 e. The van der Waals surface area contributed by atoms with Crippen LogP contribution in [-0.2, 0) is 11.2 Å². The molecule has 0 aromatic heterocycles. The van der Waals surface area contributed by atoms with E-state index in [4.69, 9.17) is 4.99 Å². The second kappa shape index (κ2) is 11.2. The molecular formula is C22H31IN4O. The van der Waals surface area contributed by atoms with Crippen molar-refractivity contribution in [3.8, 4) is 0 Å². The summed E-state index contributed by atoms with van der Waals surface area (Å²) in [6.45, 7) is 7.14. The monoisotopic (exact) mass is 494 g/mol. The molecule has 1 atom stereocenters. The lowest BCUT2D eigenvalue weighted by Crippen LogP contribution is -2.45. The molecule has 1 unspecified atom stereocenters. The van der Waals surface area contributed by atoms with Crippen LogP contribution in [0.3, 0.4) is 0 Å². The molecule has 5 nitrogen and oxygen atoms in total. The normalized spacial score (nSPS) is 16.7. The van der Waals surface area contributed by atoms with Crippen molar-refractivity contribution in [3.63, 3.8) is 0 Å². The van der Waals surface area contributed by atoms with Gasteiger partial charge in [-0.25, -0.2) is 0 Å². The second-order valence-corrected chi connectivity index (χ2v) is 6.97. The van der Waals surface area contributed by atoms with Gasteiger partial charge < -0.3 is 15.5 Å². The Morgan fingerprint density at radius 3 is 2.75 bits per heavy atom. The third-order valence-electron chi connectivity index (χ3n) is 5.06. The molecule has 2 aromatic carbocycles. The maximum absolute atomic E-state index is 11.9.